The van der Waals surface area contributed by atoms with E-state index in [4.69, 9.17) is 14.5 Å². The van der Waals surface area contributed by atoms with Crippen LogP contribution in [0.2, 0.25) is 0 Å². The van der Waals surface area contributed by atoms with Crippen molar-refractivity contribution in [1.29, 1.82) is 0 Å². The molecule has 180 valence electrons. The van der Waals surface area contributed by atoms with Crippen LogP contribution in [0.25, 0.3) is 0 Å². The summed E-state index contributed by atoms with van der Waals surface area (Å²) >= 11 is 0. The van der Waals surface area contributed by atoms with E-state index in [2.05, 4.69) is 65.6 Å². The molecule has 0 aliphatic carbocycles. The van der Waals surface area contributed by atoms with Gasteiger partial charge in [-0.05, 0) is 55.1 Å². The number of carbonyl (C=O) groups excluding carboxylic acids is 1. The van der Waals surface area contributed by atoms with Crippen LogP contribution in [0.4, 0.5) is 0 Å². The summed E-state index contributed by atoms with van der Waals surface area (Å²) in [6, 6.07) is 29.9. The number of hydrogen-bond donors (Lipinski definition) is 0. The number of piperidine rings is 3. The first-order chi connectivity index (χ1) is 17.2. The van der Waals surface area contributed by atoms with Crippen molar-refractivity contribution in [2.75, 3.05) is 26.8 Å². The highest BCUT2D eigenvalue weighted by Crippen LogP contribution is 2.43. The van der Waals surface area contributed by atoms with E-state index in [1.165, 1.54) is 31.1 Å². The van der Waals surface area contributed by atoms with Gasteiger partial charge in [0.15, 0.2) is 6.61 Å². The number of methoxy groups -OCH3 is 1. The van der Waals surface area contributed by atoms with Gasteiger partial charge >= 0.3 is 5.97 Å². The summed E-state index contributed by atoms with van der Waals surface area (Å²) in [5.74, 6) is 1.04. The maximum Gasteiger partial charge on any atom is 0.343 e. The van der Waals surface area contributed by atoms with Crippen molar-refractivity contribution in [3.8, 4) is 5.75 Å². The highest BCUT2D eigenvalue weighted by molar-refractivity contribution is 5.84. The third-order valence-electron chi connectivity index (χ3n) is 7.37. The lowest BCUT2D eigenvalue weighted by atomic mass is 9.71. The van der Waals surface area contributed by atoms with E-state index in [1.54, 1.807) is 0 Å². The number of carbonyl (C=O) groups is 1. The average Bonchev–Trinajstić information content (AvgIpc) is 2.93. The Labute approximate surface area is 207 Å². The fourth-order valence-electron chi connectivity index (χ4n) is 5.66. The van der Waals surface area contributed by atoms with Gasteiger partial charge in [0.1, 0.15) is 5.75 Å². The molecule has 2 bridgehead atoms. The lowest BCUT2D eigenvalue weighted by molar-refractivity contribution is -0.142. The van der Waals surface area contributed by atoms with Crippen molar-refractivity contribution >= 4 is 12.2 Å². The van der Waals surface area contributed by atoms with E-state index in [0.29, 0.717) is 11.7 Å². The first-order valence-electron chi connectivity index (χ1n) is 12.4. The molecule has 0 amide bonds. The van der Waals surface area contributed by atoms with Crippen LogP contribution in [-0.2, 0) is 9.53 Å². The molecule has 0 spiro atoms. The van der Waals surface area contributed by atoms with E-state index in [0.717, 1.165) is 18.7 Å². The maximum atomic E-state index is 11.6. The van der Waals surface area contributed by atoms with E-state index in [-0.39, 0.29) is 24.6 Å². The molecule has 3 aromatic rings. The average molecular weight is 469 g/mol. The number of hydrogen-bond acceptors (Lipinski definition) is 5. The van der Waals surface area contributed by atoms with E-state index < -0.39 is 5.97 Å². The van der Waals surface area contributed by atoms with Crippen LogP contribution in [0.3, 0.4) is 0 Å². The summed E-state index contributed by atoms with van der Waals surface area (Å²) in [4.78, 5) is 19.5. The monoisotopic (exact) mass is 468 g/mol. The Hall–Kier alpha value is -3.44. The normalized spacial score (nSPS) is 23.5. The topological polar surface area (TPSA) is 51.1 Å². The minimum atomic E-state index is -0.400. The van der Waals surface area contributed by atoms with E-state index >= 15 is 0 Å². The first kappa shape index (κ1) is 23.3. The Morgan fingerprint density at radius 2 is 1.54 bits per heavy atom. The molecule has 3 aromatic carbocycles. The second-order valence-electron chi connectivity index (χ2n) is 9.33. The summed E-state index contributed by atoms with van der Waals surface area (Å²) < 4.78 is 10.5. The molecule has 3 aliphatic heterocycles. The van der Waals surface area contributed by atoms with Crippen LogP contribution >= 0.6 is 0 Å². The summed E-state index contributed by atoms with van der Waals surface area (Å²) in [6.45, 7) is 2.13. The highest BCUT2D eigenvalue weighted by atomic mass is 16.6. The summed E-state index contributed by atoms with van der Waals surface area (Å²) in [6.07, 6.45) is 4.30. The number of rotatable bonds is 8. The largest absolute Gasteiger partial charge is 0.481 e. The lowest BCUT2D eigenvalue weighted by Gasteiger charge is -2.52. The third kappa shape index (κ3) is 5.15. The van der Waals surface area contributed by atoms with E-state index in [9.17, 15) is 4.79 Å². The van der Waals surface area contributed by atoms with Crippen LogP contribution in [0.5, 0.6) is 5.75 Å². The second kappa shape index (κ2) is 10.9. The molecule has 0 unspecified atom stereocenters. The third-order valence-corrected chi connectivity index (χ3v) is 7.37. The molecule has 3 aliphatic rings. The Morgan fingerprint density at radius 1 is 0.943 bits per heavy atom. The molecule has 3 fully saturated rings. The molecule has 5 heteroatoms. The van der Waals surface area contributed by atoms with Gasteiger partial charge in [-0.25, -0.2) is 4.79 Å². The molecule has 5 nitrogen and oxygen atoms in total. The molecule has 0 N–H and O–H groups in total. The predicted octanol–water partition coefficient (Wildman–Crippen LogP) is 4.95. The van der Waals surface area contributed by atoms with Crippen molar-refractivity contribution < 1.29 is 14.3 Å². The van der Waals surface area contributed by atoms with Gasteiger partial charge in [0, 0.05) is 23.7 Å². The summed E-state index contributed by atoms with van der Waals surface area (Å²) in [7, 11) is 1.36. The standard InChI is InChI=1S/C30H32N2O3/c1-34-27(33)21-35-26-15-9-8-14-25(26)20-31-29-24-16-18-32(19-17-24)30(29)28(22-10-4-2-5-11-22)23-12-6-3-7-13-23/h2-15,20,24,28-30H,16-19,21H2,1H3/t29-,30+/m1/s1. The zero-order valence-corrected chi connectivity index (χ0v) is 20.1. The Bertz CT molecular complexity index is 1100. The SMILES string of the molecule is COC(=O)COc1ccccc1C=N[C@@H]1C2CCN(CC2)[C@H]1C(c1ccccc1)c1ccccc1. The van der Waals surface area contributed by atoms with Gasteiger partial charge in [-0.2, -0.15) is 0 Å². The van der Waals surface area contributed by atoms with Crippen LogP contribution in [-0.4, -0.2) is 56.0 Å². The minimum Gasteiger partial charge on any atom is -0.481 e. The van der Waals surface area contributed by atoms with Crippen molar-refractivity contribution in [3.05, 3.63) is 102 Å². The van der Waals surface area contributed by atoms with Gasteiger partial charge in [0.2, 0.25) is 0 Å². The van der Waals surface area contributed by atoms with Crippen molar-refractivity contribution in [3.63, 3.8) is 0 Å². The molecule has 3 heterocycles. The molecular formula is C30H32N2O3. The zero-order valence-electron chi connectivity index (χ0n) is 20.1. The van der Waals surface area contributed by atoms with Crippen LogP contribution < -0.4 is 4.74 Å². The van der Waals surface area contributed by atoms with Crippen molar-refractivity contribution in [2.24, 2.45) is 10.9 Å². The fourth-order valence-corrected chi connectivity index (χ4v) is 5.66. The van der Waals surface area contributed by atoms with Crippen molar-refractivity contribution in [1.82, 2.24) is 4.90 Å². The summed E-state index contributed by atoms with van der Waals surface area (Å²) in [5.41, 5.74) is 3.54. The molecular weight excluding hydrogens is 436 g/mol. The van der Waals surface area contributed by atoms with Crippen LogP contribution in [0.15, 0.2) is 89.9 Å². The zero-order chi connectivity index (χ0) is 24.0. The smallest absolute Gasteiger partial charge is 0.343 e. The van der Waals surface area contributed by atoms with Gasteiger partial charge in [0.25, 0.3) is 0 Å². The fraction of sp³-hybridized carbons (Fsp3) is 0.333. The number of aliphatic imine (C=N–C) groups is 1. The number of para-hydroxylation sites is 1. The van der Waals surface area contributed by atoms with Crippen LogP contribution in [0.1, 0.15) is 35.4 Å². The summed E-state index contributed by atoms with van der Waals surface area (Å²) in [5, 5.41) is 0. The number of ether oxygens (including phenoxy) is 2. The number of fused-ring (bicyclic) bond motifs is 3. The molecule has 0 radical (unpaired) electrons. The van der Waals surface area contributed by atoms with Gasteiger partial charge in [-0.1, -0.05) is 72.8 Å². The molecule has 6 rings (SSSR count). The van der Waals surface area contributed by atoms with Gasteiger partial charge < -0.3 is 9.47 Å². The first-order valence-corrected chi connectivity index (χ1v) is 12.4. The molecule has 2 atom stereocenters. The second-order valence-corrected chi connectivity index (χ2v) is 9.33. The van der Waals surface area contributed by atoms with Gasteiger partial charge in [-0.3, -0.25) is 9.89 Å². The molecule has 35 heavy (non-hydrogen) atoms. The quantitative estimate of drug-likeness (QED) is 0.347. The lowest BCUT2D eigenvalue weighted by Crippen LogP contribution is -2.59. The van der Waals surface area contributed by atoms with Crippen LogP contribution in [0, 0.1) is 5.92 Å². The number of benzene rings is 3. The number of nitrogens with zero attached hydrogens (tertiary/aromatic N) is 2. The van der Waals surface area contributed by atoms with Crippen molar-refractivity contribution in [2.45, 2.75) is 30.8 Å². The Morgan fingerprint density at radius 3 is 2.17 bits per heavy atom. The van der Waals surface area contributed by atoms with Gasteiger partial charge in [0.05, 0.1) is 13.2 Å². The molecule has 0 saturated carbocycles. The van der Waals surface area contributed by atoms with Gasteiger partial charge in [-0.15, -0.1) is 0 Å². The Balaban J connectivity index is 1.49. The number of esters is 1. The molecule has 0 aromatic heterocycles. The van der Waals surface area contributed by atoms with E-state index in [1.807, 2.05) is 30.5 Å². The predicted molar refractivity (Wildman–Crippen MR) is 138 cm³/mol. The molecule has 3 saturated heterocycles. The maximum absolute atomic E-state index is 11.6. The Kier molecular flexibility index (Phi) is 7.24. The minimum absolute atomic E-state index is 0.117. The highest BCUT2D eigenvalue weighted by Gasteiger charge is 2.46.